The van der Waals surface area contributed by atoms with E-state index in [1.165, 1.54) is 0 Å². The molecule has 2 N–H and O–H groups in total. The van der Waals surface area contributed by atoms with Gasteiger partial charge in [0.05, 0.1) is 12.2 Å². The van der Waals surface area contributed by atoms with E-state index in [1.807, 2.05) is 0 Å². The highest BCUT2D eigenvalue weighted by Gasteiger charge is 2.47. The van der Waals surface area contributed by atoms with Gasteiger partial charge in [-0.1, -0.05) is 50.5 Å². The van der Waals surface area contributed by atoms with Gasteiger partial charge < -0.3 is 14.9 Å². The maximum absolute atomic E-state index is 11.8. The van der Waals surface area contributed by atoms with Crippen molar-refractivity contribution in [2.24, 2.45) is 11.8 Å². The van der Waals surface area contributed by atoms with Gasteiger partial charge >= 0.3 is 5.97 Å². The molecule has 1 saturated carbocycles. The van der Waals surface area contributed by atoms with Gasteiger partial charge in [-0.25, -0.2) is 0 Å². The van der Waals surface area contributed by atoms with Crippen LogP contribution in [0.1, 0.15) is 64.7 Å². The fraction of sp³-hybridized carbons (Fsp3) is 0.750. The number of hydrogen-bond donors (Lipinski definition) is 2. The van der Waals surface area contributed by atoms with Crippen molar-refractivity contribution >= 4 is 5.97 Å². The third-order valence-corrected chi connectivity index (χ3v) is 5.01. The van der Waals surface area contributed by atoms with Crippen LogP contribution in [0.5, 0.6) is 0 Å². The molecule has 0 bridgehead atoms. The number of rotatable bonds is 8. The smallest absolute Gasteiger partial charge is 0.306 e. The van der Waals surface area contributed by atoms with Crippen LogP contribution in [0.3, 0.4) is 0 Å². The van der Waals surface area contributed by atoms with Gasteiger partial charge in [-0.2, -0.15) is 0 Å². The van der Waals surface area contributed by atoms with Crippen molar-refractivity contribution in [3.63, 3.8) is 0 Å². The van der Waals surface area contributed by atoms with Crippen LogP contribution in [0, 0.1) is 11.8 Å². The number of allylic oxidation sites excluding steroid dienone is 1. The number of cyclic esters (lactones) is 1. The zero-order chi connectivity index (χ0) is 17.4. The summed E-state index contributed by atoms with van der Waals surface area (Å²) in [7, 11) is 0. The van der Waals surface area contributed by atoms with Crippen molar-refractivity contribution in [2.75, 3.05) is 0 Å². The molecule has 5 atom stereocenters. The first-order valence-corrected chi connectivity index (χ1v) is 9.50. The summed E-state index contributed by atoms with van der Waals surface area (Å²) >= 11 is 0. The molecule has 0 spiro atoms. The number of aliphatic hydroxyl groups excluding tert-OH is 2. The highest BCUT2D eigenvalue weighted by atomic mass is 16.5. The highest BCUT2D eigenvalue weighted by Crippen LogP contribution is 2.46. The summed E-state index contributed by atoms with van der Waals surface area (Å²) in [5, 5.41) is 20.2. The Balaban J connectivity index is 1.78. The zero-order valence-corrected chi connectivity index (χ0v) is 14.8. The molecule has 0 radical (unpaired) electrons. The molecule has 0 aromatic carbocycles. The van der Waals surface area contributed by atoms with Gasteiger partial charge in [0.1, 0.15) is 6.10 Å². The molecule has 0 amide bonds. The van der Waals surface area contributed by atoms with Crippen LogP contribution >= 0.6 is 0 Å². The van der Waals surface area contributed by atoms with Crippen LogP contribution in [0.2, 0.25) is 0 Å². The minimum atomic E-state index is -0.564. The van der Waals surface area contributed by atoms with Gasteiger partial charge in [0.15, 0.2) is 0 Å². The van der Waals surface area contributed by atoms with Crippen molar-refractivity contribution in [1.29, 1.82) is 0 Å². The molecule has 136 valence electrons. The summed E-state index contributed by atoms with van der Waals surface area (Å²) in [6, 6.07) is 0. The third-order valence-electron chi connectivity index (χ3n) is 5.01. The standard InChI is InChI=1S/C20H32O4/c1-2-3-6-9-15(21)12-13-18(22)16-14-17(16)19-10-7-4-5-8-11-20(23)24-19/h4,7,12-13,15-19,21-22H,2-3,5-6,8-11,14H2,1H3. The first-order valence-electron chi connectivity index (χ1n) is 9.50. The Morgan fingerprint density at radius 3 is 2.92 bits per heavy atom. The second kappa shape index (κ2) is 10.00. The van der Waals surface area contributed by atoms with Gasteiger partial charge in [0.25, 0.3) is 0 Å². The summed E-state index contributed by atoms with van der Waals surface area (Å²) in [6.07, 6.45) is 14.4. The van der Waals surface area contributed by atoms with E-state index < -0.39 is 12.2 Å². The molecule has 2 aliphatic rings. The Hall–Kier alpha value is -1.13. The highest BCUT2D eigenvalue weighted by molar-refractivity contribution is 5.69. The van der Waals surface area contributed by atoms with Gasteiger partial charge in [0, 0.05) is 18.8 Å². The van der Waals surface area contributed by atoms with Crippen LogP contribution in [0.25, 0.3) is 0 Å². The van der Waals surface area contributed by atoms with E-state index in [0.717, 1.165) is 51.4 Å². The maximum atomic E-state index is 11.8. The molecule has 4 heteroatoms. The van der Waals surface area contributed by atoms with Crippen LogP contribution in [0.4, 0.5) is 0 Å². The molecule has 0 aromatic rings. The summed E-state index contributed by atoms with van der Waals surface area (Å²) < 4.78 is 5.59. The quantitative estimate of drug-likeness (QED) is 0.404. The molecule has 2 rings (SSSR count). The van der Waals surface area contributed by atoms with Crippen molar-refractivity contribution in [3.05, 3.63) is 24.3 Å². The van der Waals surface area contributed by atoms with Crippen LogP contribution in [0.15, 0.2) is 24.3 Å². The Morgan fingerprint density at radius 2 is 2.12 bits per heavy atom. The first-order chi connectivity index (χ1) is 11.6. The number of hydrogen-bond acceptors (Lipinski definition) is 4. The van der Waals surface area contributed by atoms with Crippen molar-refractivity contribution in [3.8, 4) is 0 Å². The van der Waals surface area contributed by atoms with Crippen LogP contribution in [-0.4, -0.2) is 34.5 Å². The fourth-order valence-electron chi connectivity index (χ4n) is 3.39. The van der Waals surface area contributed by atoms with E-state index in [4.69, 9.17) is 4.74 Å². The molecule has 5 unspecified atom stereocenters. The molecule has 4 nitrogen and oxygen atoms in total. The van der Waals surface area contributed by atoms with Crippen molar-refractivity contribution < 1.29 is 19.7 Å². The van der Waals surface area contributed by atoms with Crippen LogP contribution < -0.4 is 0 Å². The number of ether oxygens (including phenoxy) is 1. The molecule has 1 aliphatic heterocycles. The lowest BCUT2D eigenvalue weighted by atomic mass is 10.1. The monoisotopic (exact) mass is 336 g/mol. The number of unbranched alkanes of at least 4 members (excludes halogenated alkanes) is 2. The maximum Gasteiger partial charge on any atom is 0.306 e. The average molecular weight is 336 g/mol. The lowest BCUT2D eigenvalue weighted by Gasteiger charge is -2.17. The average Bonchev–Trinajstić information content (AvgIpc) is 3.34. The number of carbonyl (C=O) groups excluding carboxylic acids is 1. The van der Waals surface area contributed by atoms with Crippen LogP contribution in [-0.2, 0) is 9.53 Å². The lowest BCUT2D eigenvalue weighted by molar-refractivity contribution is -0.150. The van der Waals surface area contributed by atoms with Gasteiger partial charge in [-0.05, 0) is 31.6 Å². The summed E-state index contributed by atoms with van der Waals surface area (Å²) in [4.78, 5) is 11.8. The lowest BCUT2D eigenvalue weighted by Crippen LogP contribution is -2.22. The molecule has 24 heavy (non-hydrogen) atoms. The number of esters is 1. The third kappa shape index (κ3) is 6.40. The van der Waals surface area contributed by atoms with E-state index >= 15 is 0 Å². The molecular weight excluding hydrogens is 304 g/mol. The second-order valence-electron chi connectivity index (χ2n) is 7.13. The summed E-state index contributed by atoms with van der Waals surface area (Å²) in [5.74, 6) is 0.246. The Labute approximate surface area is 145 Å². The molecule has 0 saturated heterocycles. The molecule has 1 aliphatic carbocycles. The van der Waals surface area contributed by atoms with E-state index in [2.05, 4.69) is 19.1 Å². The second-order valence-corrected chi connectivity index (χ2v) is 7.13. The Kier molecular flexibility index (Phi) is 8.00. The summed E-state index contributed by atoms with van der Waals surface area (Å²) in [5.41, 5.74) is 0. The molecule has 1 heterocycles. The Bertz CT molecular complexity index is 443. The van der Waals surface area contributed by atoms with Crippen molar-refractivity contribution in [2.45, 2.75) is 83.0 Å². The van der Waals surface area contributed by atoms with E-state index in [9.17, 15) is 15.0 Å². The minimum absolute atomic E-state index is 0.116. The zero-order valence-electron chi connectivity index (χ0n) is 14.8. The Morgan fingerprint density at radius 1 is 1.29 bits per heavy atom. The number of carbonyl (C=O) groups is 1. The topological polar surface area (TPSA) is 66.8 Å². The van der Waals surface area contributed by atoms with Gasteiger partial charge in [0.2, 0.25) is 0 Å². The largest absolute Gasteiger partial charge is 0.462 e. The molecule has 1 fully saturated rings. The van der Waals surface area contributed by atoms with Gasteiger partial charge in [-0.3, -0.25) is 4.79 Å². The predicted molar refractivity (Wildman–Crippen MR) is 94.4 cm³/mol. The molecular formula is C20H32O4. The fourth-order valence-corrected chi connectivity index (χ4v) is 3.39. The van der Waals surface area contributed by atoms with E-state index in [0.29, 0.717) is 6.42 Å². The number of aliphatic hydroxyl groups is 2. The first kappa shape index (κ1) is 19.2. The SMILES string of the molecule is CCCCCC(O)C=CC(O)C1CC1C1CC=CCCCC(=O)O1. The summed E-state index contributed by atoms with van der Waals surface area (Å²) in [6.45, 7) is 2.14. The van der Waals surface area contributed by atoms with Crippen molar-refractivity contribution in [1.82, 2.24) is 0 Å². The van der Waals surface area contributed by atoms with Gasteiger partial charge in [-0.15, -0.1) is 0 Å². The van der Waals surface area contributed by atoms with E-state index in [-0.39, 0.29) is 23.9 Å². The minimum Gasteiger partial charge on any atom is -0.462 e. The van der Waals surface area contributed by atoms with E-state index in [1.54, 1.807) is 12.2 Å². The normalized spacial score (nSPS) is 30.3. The predicted octanol–water partition coefficient (Wildman–Crippen LogP) is 3.52. The molecule has 0 aromatic heterocycles.